The molecule has 0 aromatic heterocycles. The van der Waals surface area contributed by atoms with Crippen molar-refractivity contribution in [3.63, 3.8) is 0 Å². The van der Waals surface area contributed by atoms with Crippen LogP contribution in [0.25, 0.3) is 0 Å². The van der Waals surface area contributed by atoms with Gasteiger partial charge in [0.1, 0.15) is 0 Å². The van der Waals surface area contributed by atoms with Crippen molar-refractivity contribution in [1.82, 2.24) is 4.90 Å². The zero-order chi connectivity index (χ0) is 16.4. The number of aliphatic hydroxyl groups excluding tert-OH is 2. The molecule has 0 saturated carbocycles. The minimum Gasteiger partial charge on any atom is -0.394 e. The molecule has 6 heteroatoms. The van der Waals surface area contributed by atoms with Crippen molar-refractivity contribution in [1.29, 1.82) is 0 Å². The second kappa shape index (κ2) is 6.68. The Kier molecular flexibility index (Phi) is 4.63. The average Bonchev–Trinajstić information content (AvgIpc) is 3.13. The molecule has 2 saturated heterocycles. The van der Waals surface area contributed by atoms with E-state index in [4.69, 9.17) is 0 Å². The van der Waals surface area contributed by atoms with E-state index >= 15 is 0 Å². The van der Waals surface area contributed by atoms with E-state index in [2.05, 4.69) is 0 Å². The Morgan fingerprint density at radius 2 is 2.09 bits per heavy atom. The van der Waals surface area contributed by atoms with E-state index < -0.39 is 6.10 Å². The van der Waals surface area contributed by atoms with E-state index in [1.807, 2.05) is 24.3 Å². The highest BCUT2D eigenvalue weighted by Gasteiger charge is 2.34. The zero-order valence-electron chi connectivity index (χ0n) is 13.0. The van der Waals surface area contributed by atoms with Gasteiger partial charge in [-0.25, -0.2) is 0 Å². The van der Waals surface area contributed by atoms with Crippen LogP contribution in [0.3, 0.4) is 0 Å². The summed E-state index contributed by atoms with van der Waals surface area (Å²) in [5.74, 6) is -0.0329. The standard InChI is InChI=1S/C17H22N2O4/c20-11-13-9-14(21)10-19(13)17(23)8-12-4-1-2-5-15(12)18-7-3-6-16(18)22/h1-2,4-5,13-14,20-21H,3,6-11H2/t13-,14+/m0/s1. The lowest BCUT2D eigenvalue weighted by molar-refractivity contribution is -0.132. The number of likely N-dealkylation sites (tertiary alicyclic amines) is 1. The molecule has 2 aliphatic rings. The minimum atomic E-state index is -0.577. The summed E-state index contributed by atoms with van der Waals surface area (Å²) in [5.41, 5.74) is 1.61. The molecule has 0 spiro atoms. The molecule has 0 unspecified atom stereocenters. The summed E-state index contributed by atoms with van der Waals surface area (Å²) in [5, 5.41) is 19.1. The van der Waals surface area contributed by atoms with Gasteiger partial charge in [0.15, 0.2) is 0 Å². The SMILES string of the molecule is O=C1CCCN1c1ccccc1CC(=O)N1C[C@H](O)C[C@H]1CO. The van der Waals surface area contributed by atoms with Gasteiger partial charge in [-0.2, -0.15) is 0 Å². The van der Waals surface area contributed by atoms with E-state index in [-0.39, 0.29) is 37.4 Å². The molecule has 1 aromatic rings. The molecule has 2 aliphatic heterocycles. The summed E-state index contributed by atoms with van der Waals surface area (Å²) in [4.78, 5) is 27.8. The van der Waals surface area contributed by atoms with Gasteiger partial charge < -0.3 is 20.0 Å². The second-order valence-corrected chi connectivity index (χ2v) is 6.23. The van der Waals surface area contributed by atoms with Crippen molar-refractivity contribution in [2.45, 2.75) is 37.8 Å². The molecule has 3 rings (SSSR count). The van der Waals surface area contributed by atoms with E-state index in [9.17, 15) is 19.8 Å². The molecule has 23 heavy (non-hydrogen) atoms. The molecule has 0 aliphatic carbocycles. The molecule has 6 nitrogen and oxygen atoms in total. The molecular formula is C17H22N2O4. The van der Waals surface area contributed by atoms with Crippen LogP contribution >= 0.6 is 0 Å². The Balaban J connectivity index is 1.78. The number of rotatable bonds is 4. The summed E-state index contributed by atoms with van der Waals surface area (Å²) >= 11 is 0. The molecule has 2 fully saturated rings. The monoisotopic (exact) mass is 318 g/mol. The first-order valence-electron chi connectivity index (χ1n) is 8.07. The maximum absolute atomic E-state index is 12.6. The van der Waals surface area contributed by atoms with E-state index in [1.54, 1.807) is 9.80 Å². The molecule has 0 radical (unpaired) electrons. The summed E-state index contributed by atoms with van der Waals surface area (Å²) in [6.45, 7) is 0.801. The normalized spacial score (nSPS) is 24.5. The van der Waals surface area contributed by atoms with Crippen LogP contribution in [-0.2, 0) is 16.0 Å². The van der Waals surface area contributed by atoms with Crippen LogP contribution in [0.5, 0.6) is 0 Å². The van der Waals surface area contributed by atoms with E-state index in [0.29, 0.717) is 19.4 Å². The lowest BCUT2D eigenvalue weighted by Gasteiger charge is -2.24. The summed E-state index contributed by atoms with van der Waals surface area (Å²) in [6, 6.07) is 7.13. The van der Waals surface area contributed by atoms with Crippen LogP contribution in [0.15, 0.2) is 24.3 Å². The van der Waals surface area contributed by atoms with Gasteiger partial charge in [0, 0.05) is 25.2 Å². The van der Waals surface area contributed by atoms with Gasteiger partial charge in [-0.3, -0.25) is 9.59 Å². The quantitative estimate of drug-likeness (QED) is 0.837. The summed E-state index contributed by atoms with van der Waals surface area (Å²) in [6.07, 6.45) is 1.39. The van der Waals surface area contributed by atoms with Gasteiger partial charge in [0.2, 0.25) is 11.8 Å². The Morgan fingerprint density at radius 3 is 2.78 bits per heavy atom. The van der Waals surface area contributed by atoms with Crippen LogP contribution < -0.4 is 4.90 Å². The predicted molar refractivity (Wildman–Crippen MR) is 84.9 cm³/mol. The summed E-state index contributed by atoms with van der Waals surface area (Å²) in [7, 11) is 0. The first-order valence-corrected chi connectivity index (χ1v) is 8.07. The topological polar surface area (TPSA) is 81.1 Å². The van der Waals surface area contributed by atoms with E-state index in [1.165, 1.54) is 0 Å². The maximum Gasteiger partial charge on any atom is 0.227 e. The zero-order valence-corrected chi connectivity index (χ0v) is 13.0. The Morgan fingerprint density at radius 1 is 1.30 bits per heavy atom. The fraction of sp³-hybridized carbons (Fsp3) is 0.529. The molecule has 2 heterocycles. The maximum atomic E-state index is 12.6. The molecule has 2 amide bonds. The molecule has 124 valence electrons. The summed E-state index contributed by atoms with van der Waals surface area (Å²) < 4.78 is 0. The van der Waals surface area contributed by atoms with Crippen molar-refractivity contribution in [2.24, 2.45) is 0 Å². The number of hydrogen-bond donors (Lipinski definition) is 2. The highest BCUT2D eigenvalue weighted by atomic mass is 16.3. The van der Waals surface area contributed by atoms with Crippen LogP contribution in [0.2, 0.25) is 0 Å². The number of amides is 2. The predicted octanol–water partition coefficient (Wildman–Crippen LogP) is 0.310. The Labute approximate surface area is 135 Å². The lowest BCUT2D eigenvalue weighted by Crippen LogP contribution is -2.39. The number of β-amino-alcohol motifs (C(OH)–C–C–N with tert-alkyl or cyclic N) is 1. The Hall–Kier alpha value is -1.92. The van der Waals surface area contributed by atoms with Crippen molar-refractivity contribution >= 4 is 17.5 Å². The third-order valence-corrected chi connectivity index (χ3v) is 4.62. The first-order chi connectivity index (χ1) is 11.1. The number of para-hydroxylation sites is 1. The average molecular weight is 318 g/mol. The van der Waals surface area contributed by atoms with Crippen LogP contribution in [0.4, 0.5) is 5.69 Å². The second-order valence-electron chi connectivity index (χ2n) is 6.23. The largest absolute Gasteiger partial charge is 0.394 e. The number of nitrogens with zero attached hydrogens (tertiary/aromatic N) is 2. The van der Waals surface area contributed by atoms with Gasteiger partial charge in [-0.15, -0.1) is 0 Å². The van der Waals surface area contributed by atoms with Crippen molar-refractivity contribution in [3.8, 4) is 0 Å². The number of aliphatic hydroxyl groups is 2. The lowest BCUT2D eigenvalue weighted by atomic mass is 10.1. The highest BCUT2D eigenvalue weighted by Crippen LogP contribution is 2.27. The first kappa shape index (κ1) is 16.0. The number of hydrogen-bond acceptors (Lipinski definition) is 4. The molecular weight excluding hydrogens is 296 g/mol. The fourth-order valence-corrected chi connectivity index (χ4v) is 3.46. The minimum absolute atomic E-state index is 0.0923. The molecule has 1 aromatic carbocycles. The van der Waals surface area contributed by atoms with Gasteiger partial charge >= 0.3 is 0 Å². The third-order valence-electron chi connectivity index (χ3n) is 4.62. The number of carbonyl (C=O) groups excluding carboxylic acids is 2. The van der Waals surface area contributed by atoms with Crippen LogP contribution in [0, 0.1) is 0 Å². The molecule has 2 N–H and O–H groups in total. The van der Waals surface area contributed by atoms with Crippen molar-refractivity contribution in [3.05, 3.63) is 29.8 Å². The van der Waals surface area contributed by atoms with Crippen molar-refractivity contribution < 1.29 is 19.8 Å². The smallest absolute Gasteiger partial charge is 0.227 e. The molecule has 2 atom stereocenters. The number of carbonyl (C=O) groups is 2. The van der Waals surface area contributed by atoms with Gasteiger partial charge in [0.25, 0.3) is 0 Å². The number of benzene rings is 1. The number of anilines is 1. The molecule has 0 bridgehead atoms. The van der Waals surface area contributed by atoms with Gasteiger partial charge in [-0.05, 0) is 24.5 Å². The Bertz CT molecular complexity index is 604. The third kappa shape index (κ3) is 3.23. The highest BCUT2D eigenvalue weighted by molar-refractivity contribution is 5.96. The fourth-order valence-electron chi connectivity index (χ4n) is 3.46. The van der Waals surface area contributed by atoms with Gasteiger partial charge in [0.05, 0.1) is 25.2 Å². The van der Waals surface area contributed by atoms with Crippen LogP contribution in [0.1, 0.15) is 24.8 Å². The van der Waals surface area contributed by atoms with Crippen LogP contribution in [-0.4, -0.2) is 58.8 Å². The van der Waals surface area contributed by atoms with Gasteiger partial charge in [-0.1, -0.05) is 18.2 Å². The van der Waals surface area contributed by atoms with Crippen molar-refractivity contribution in [2.75, 3.05) is 24.6 Å². The van der Waals surface area contributed by atoms with E-state index in [0.717, 1.165) is 17.7 Å².